The Morgan fingerprint density at radius 2 is 2.15 bits per heavy atom. The summed E-state index contributed by atoms with van der Waals surface area (Å²) in [6.45, 7) is 2.83. The molecule has 2 aliphatic rings. The van der Waals surface area contributed by atoms with Gasteiger partial charge < -0.3 is 15.8 Å². The molecule has 5 nitrogen and oxygen atoms in total. The lowest BCUT2D eigenvalue weighted by Crippen LogP contribution is -2.47. The molecule has 1 unspecified atom stereocenters. The second-order valence-electron chi connectivity index (χ2n) is 5.92. The molecule has 1 aromatic carbocycles. The molecule has 3 N–H and O–H groups in total. The van der Waals surface area contributed by atoms with Gasteiger partial charge in [0.15, 0.2) is 5.84 Å². The molecule has 1 fully saturated rings. The van der Waals surface area contributed by atoms with Crippen LogP contribution in [0.25, 0.3) is 0 Å². The van der Waals surface area contributed by atoms with Gasteiger partial charge in [0.05, 0.1) is 0 Å². The Hall–Kier alpha value is -2.04. The maximum absolute atomic E-state index is 12.8. The van der Waals surface area contributed by atoms with Crippen molar-refractivity contribution in [2.24, 2.45) is 22.2 Å². The number of hydrogen-bond donors (Lipinski definition) is 2. The maximum atomic E-state index is 12.8. The zero-order valence-corrected chi connectivity index (χ0v) is 11.5. The number of oxime groups is 1. The van der Waals surface area contributed by atoms with Gasteiger partial charge in [-0.3, -0.25) is 4.79 Å². The largest absolute Gasteiger partial charge is 0.409 e. The first kappa shape index (κ1) is 13.0. The highest BCUT2D eigenvalue weighted by Gasteiger charge is 2.56. The summed E-state index contributed by atoms with van der Waals surface area (Å²) in [5.41, 5.74) is 7.10. The van der Waals surface area contributed by atoms with E-state index in [1.54, 1.807) is 0 Å². The zero-order valence-electron chi connectivity index (χ0n) is 11.5. The summed E-state index contributed by atoms with van der Waals surface area (Å²) in [4.78, 5) is 14.7. The number of carbonyl (C=O) groups excluding carboxylic acids is 1. The number of nitrogens with two attached hydrogens (primary N) is 1. The number of hydrogen-bond acceptors (Lipinski definition) is 3. The summed E-state index contributed by atoms with van der Waals surface area (Å²) in [6.07, 6.45) is 2.31. The van der Waals surface area contributed by atoms with Crippen LogP contribution >= 0.6 is 0 Å². The molecule has 5 heteroatoms. The molecule has 1 amide bonds. The smallest absolute Gasteiger partial charge is 0.240 e. The highest BCUT2D eigenvalue weighted by Crippen LogP contribution is 2.49. The highest BCUT2D eigenvalue weighted by molar-refractivity contribution is 6.15. The molecule has 0 saturated heterocycles. The third-order valence-corrected chi connectivity index (χ3v) is 4.35. The normalized spacial score (nSPS) is 24.1. The predicted molar refractivity (Wildman–Crippen MR) is 76.7 cm³/mol. The first-order chi connectivity index (χ1) is 9.58. The lowest BCUT2D eigenvalue weighted by Gasteiger charge is -2.35. The summed E-state index contributed by atoms with van der Waals surface area (Å²) in [5, 5.41) is 12.0. The van der Waals surface area contributed by atoms with Gasteiger partial charge in [0.2, 0.25) is 5.91 Å². The average molecular weight is 273 g/mol. The Morgan fingerprint density at radius 1 is 1.45 bits per heavy atom. The van der Waals surface area contributed by atoms with Crippen LogP contribution in [0.4, 0.5) is 5.69 Å². The van der Waals surface area contributed by atoms with Crippen LogP contribution in [0.15, 0.2) is 29.4 Å². The van der Waals surface area contributed by atoms with E-state index in [0.717, 1.165) is 12.1 Å². The van der Waals surface area contributed by atoms with Gasteiger partial charge in [-0.05, 0) is 36.8 Å². The predicted octanol–water partition coefficient (Wildman–Crippen LogP) is 1.74. The average Bonchev–Trinajstić information content (AvgIpc) is 3.26. The van der Waals surface area contributed by atoms with E-state index in [9.17, 15) is 4.79 Å². The number of carbonyl (C=O) groups is 1. The van der Waals surface area contributed by atoms with E-state index < -0.39 is 5.41 Å². The van der Waals surface area contributed by atoms with Crippen LogP contribution in [0.2, 0.25) is 0 Å². The second-order valence-corrected chi connectivity index (χ2v) is 5.92. The van der Waals surface area contributed by atoms with Gasteiger partial charge in [-0.2, -0.15) is 0 Å². The first-order valence-corrected chi connectivity index (χ1v) is 6.96. The molecule has 106 valence electrons. The Balaban J connectivity index is 1.97. The van der Waals surface area contributed by atoms with Crippen LogP contribution in [-0.4, -0.2) is 23.5 Å². The number of amides is 1. The Kier molecular flexibility index (Phi) is 2.92. The van der Waals surface area contributed by atoms with Gasteiger partial charge in [-0.25, -0.2) is 0 Å². The minimum Gasteiger partial charge on any atom is -0.409 e. The second kappa shape index (κ2) is 4.51. The summed E-state index contributed by atoms with van der Waals surface area (Å²) in [6, 6.07) is 7.98. The maximum Gasteiger partial charge on any atom is 0.240 e. The van der Waals surface area contributed by atoms with Gasteiger partial charge in [-0.15, -0.1) is 0 Å². The van der Waals surface area contributed by atoms with Gasteiger partial charge in [0.25, 0.3) is 0 Å². The number of nitrogens with zero attached hydrogens (tertiary/aromatic N) is 2. The van der Waals surface area contributed by atoms with Gasteiger partial charge in [0.1, 0.15) is 5.41 Å². The molecule has 0 aromatic heterocycles. The number of rotatable bonds is 2. The van der Waals surface area contributed by atoms with Crippen molar-refractivity contribution in [2.75, 3.05) is 11.4 Å². The fraction of sp³-hybridized carbons (Fsp3) is 0.467. The minimum absolute atomic E-state index is 0.0354. The third kappa shape index (κ3) is 1.85. The monoisotopic (exact) mass is 273 g/mol. The van der Waals surface area contributed by atoms with E-state index in [1.807, 2.05) is 23.1 Å². The SMILES string of the molecule is CC1Cc2ccccc2N(C(=O)C2(/C(N)=N/O)CC2)C1. The van der Waals surface area contributed by atoms with Gasteiger partial charge in [0, 0.05) is 12.2 Å². The van der Waals surface area contributed by atoms with E-state index in [1.165, 1.54) is 5.56 Å². The van der Waals surface area contributed by atoms with E-state index in [4.69, 9.17) is 10.9 Å². The van der Waals surface area contributed by atoms with Crippen LogP contribution in [-0.2, 0) is 11.2 Å². The van der Waals surface area contributed by atoms with Gasteiger partial charge in [-0.1, -0.05) is 30.3 Å². The molecule has 1 atom stereocenters. The number of fused-ring (bicyclic) bond motifs is 1. The van der Waals surface area contributed by atoms with Crippen LogP contribution in [0.3, 0.4) is 0 Å². The van der Waals surface area contributed by atoms with Crippen molar-refractivity contribution in [1.29, 1.82) is 0 Å². The standard InChI is InChI=1S/C15H19N3O2/c1-10-8-11-4-2-3-5-12(11)18(9-10)14(19)15(6-7-15)13(16)17-20/h2-5,10,20H,6-9H2,1H3,(H2,16,17). The fourth-order valence-electron chi connectivity index (χ4n) is 3.05. The van der Waals surface area contributed by atoms with Crippen LogP contribution in [0.1, 0.15) is 25.3 Å². The third-order valence-electron chi connectivity index (χ3n) is 4.35. The van der Waals surface area contributed by atoms with Crippen molar-refractivity contribution < 1.29 is 10.0 Å². The molecule has 1 heterocycles. The van der Waals surface area contributed by atoms with Crippen molar-refractivity contribution in [2.45, 2.75) is 26.2 Å². The molecule has 1 aliphatic carbocycles. The molecule has 1 aliphatic heterocycles. The quantitative estimate of drug-likeness (QED) is 0.373. The van der Waals surface area contributed by atoms with Crippen molar-refractivity contribution >= 4 is 17.4 Å². The molecule has 0 radical (unpaired) electrons. The molecular weight excluding hydrogens is 254 g/mol. The van der Waals surface area contributed by atoms with E-state index >= 15 is 0 Å². The van der Waals surface area contributed by atoms with Crippen LogP contribution in [0.5, 0.6) is 0 Å². The Morgan fingerprint density at radius 3 is 2.80 bits per heavy atom. The van der Waals surface area contributed by atoms with Gasteiger partial charge >= 0.3 is 0 Å². The number of para-hydroxylation sites is 1. The van der Waals surface area contributed by atoms with Crippen LogP contribution < -0.4 is 10.6 Å². The summed E-state index contributed by atoms with van der Waals surface area (Å²) in [5.74, 6) is 0.418. The Labute approximate surface area is 118 Å². The van der Waals surface area contributed by atoms with Crippen molar-refractivity contribution in [3.05, 3.63) is 29.8 Å². The van der Waals surface area contributed by atoms with Crippen molar-refractivity contribution in [1.82, 2.24) is 0 Å². The first-order valence-electron chi connectivity index (χ1n) is 6.96. The minimum atomic E-state index is -0.779. The van der Waals surface area contributed by atoms with Crippen LogP contribution in [0, 0.1) is 11.3 Å². The van der Waals surface area contributed by atoms with Crippen molar-refractivity contribution in [3.8, 4) is 0 Å². The fourth-order valence-corrected chi connectivity index (χ4v) is 3.05. The molecule has 1 aromatic rings. The summed E-state index contributed by atoms with van der Waals surface area (Å²) in [7, 11) is 0. The Bertz CT molecular complexity index is 578. The lowest BCUT2D eigenvalue weighted by atomic mass is 9.92. The number of amidine groups is 1. The molecule has 0 spiro atoms. The van der Waals surface area contributed by atoms with E-state index in [2.05, 4.69) is 18.1 Å². The molecular formula is C15H19N3O2. The molecule has 1 saturated carbocycles. The van der Waals surface area contributed by atoms with Crippen molar-refractivity contribution in [3.63, 3.8) is 0 Å². The van der Waals surface area contributed by atoms with E-state index in [0.29, 0.717) is 25.3 Å². The zero-order chi connectivity index (χ0) is 14.3. The summed E-state index contributed by atoms with van der Waals surface area (Å²) >= 11 is 0. The van der Waals surface area contributed by atoms with E-state index in [-0.39, 0.29) is 11.7 Å². The topological polar surface area (TPSA) is 78.9 Å². The molecule has 20 heavy (non-hydrogen) atoms. The highest BCUT2D eigenvalue weighted by atomic mass is 16.4. The molecule has 0 bridgehead atoms. The summed E-state index contributed by atoms with van der Waals surface area (Å²) < 4.78 is 0. The molecule has 3 rings (SSSR count). The lowest BCUT2D eigenvalue weighted by molar-refractivity contribution is -0.121. The number of anilines is 1. The number of benzene rings is 1.